The van der Waals surface area contributed by atoms with Crippen molar-refractivity contribution in [2.24, 2.45) is 4.99 Å². The Morgan fingerprint density at radius 2 is 2.25 bits per heavy atom. The molecular formula is C12H13N3O. The third-order valence-electron chi connectivity index (χ3n) is 2.23. The Morgan fingerprint density at radius 1 is 1.44 bits per heavy atom. The van der Waals surface area contributed by atoms with E-state index in [0.29, 0.717) is 6.54 Å². The quantitative estimate of drug-likeness (QED) is 0.785. The number of hydrogen-bond acceptors (Lipinski definition) is 3. The molecule has 0 atom stereocenters. The summed E-state index contributed by atoms with van der Waals surface area (Å²) < 4.78 is 0. The lowest BCUT2D eigenvalue weighted by Crippen LogP contribution is -2.24. The van der Waals surface area contributed by atoms with Gasteiger partial charge in [0.2, 0.25) is 5.91 Å². The van der Waals surface area contributed by atoms with Crippen molar-refractivity contribution < 1.29 is 4.79 Å². The second kappa shape index (κ2) is 4.61. The molecule has 0 fully saturated rings. The predicted molar refractivity (Wildman–Crippen MR) is 64.4 cm³/mol. The van der Waals surface area contributed by atoms with E-state index in [9.17, 15) is 4.79 Å². The number of para-hydroxylation sites is 1. The minimum atomic E-state index is -0.0517. The highest BCUT2D eigenvalue weighted by Gasteiger charge is 2.05. The van der Waals surface area contributed by atoms with Gasteiger partial charge in [0.25, 0.3) is 0 Å². The molecule has 0 spiro atoms. The van der Waals surface area contributed by atoms with Gasteiger partial charge in [-0.15, -0.1) is 0 Å². The van der Waals surface area contributed by atoms with Gasteiger partial charge >= 0.3 is 0 Å². The lowest BCUT2D eigenvalue weighted by molar-refractivity contribution is -0.118. The van der Waals surface area contributed by atoms with Crippen molar-refractivity contribution in [3.8, 4) is 0 Å². The molecule has 0 aromatic heterocycles. The number of rotatable bonds is 2. The van der Waals surface area contributed by atoms with Crippen LogP contribution in [0.4, 0.5) is 5.69 Å². The fourth-order valence-electron chi connectivity index (χ4n) is 1.45. The van der Waals surface area contributed by atoms with Gasteiger partial charge in [-0.05, 0) is 6.07 Å². The summed E-state index contributed by atoms with van der Waals surface area (Å²) in [5.41, 5.74) is 2.91. The minimum Gasteiger partial charge on any atom is -0.356 e. The first-order valence-corrected chi connectivity index (χ1v) is 5.08. The maximum Gasteiger partial charge on any atom is 0.217 e. The smallest absolute Gasteiger partial charge is 0.217 e. The van der Waals surface area contributed by atoms with Crippen LogP contribution in [0, 0.1) is 0 Å². The number of carbonyl (C=O) groups excluding carboxylic acids is 1. The topological polar surface area (TPSA) is 53.5 Å². The molecule has 4 nitrogen and oxygen atoms in total. The minimum absolute atomic E-state index is 0.0517. The molecule has 4 heteroatoms. The molecule has 2 N–H and O–H groups in total. The molecular weight excluding hydrogens is 202 g/mol. The van der Waals surface area contributed by atoms with E-state index in [1.807, 2.05) is 24.3 Å². The largest absolute Gasteiger partial charge is 0.356 e. The molecule has 1 amide bonds. The van der Waals surface area contributed by atoms with Gasteiger partial charge in [-0.3, -0.25) is 9.79 Å². The van der Waals surface area contributed by atoms with Crippen LogP contribution in [0.15, 0.2) is 41.2 Å². The van der Waals surface area contributed by atoms with E-state index in [-0.39, 0.29) is 5.91 Å². The first-order valence-electron chi connectivity index (χ1n) is 5.08. The number of nitrogens with zero attached hydrogens (tertiary/aromatic N) is 1. The van der Waals surface area contributed by atoms with E-state index in [1.54, 1.807) is 12.4 Å². The van der Waals surface area contributed by atoms with Crippen LogP contribution in [-0.2, 0) is 4.79 Å². The maximum atomic E-state index is 10.8. The molecule has 0 saturated carbocycles. The summed E-state index contributed by atoms with van der Waals surface area (Å²) in [7, 11) is 0. The molecule has 1 aliphatic rings. The second-order valence-corrected chi connectivity index (χ2v) is 3.55. The Hall–Kier alpha value is -2.10. The summed E-state index contributed by atoms with van der Waals surface area (Å²) in [6, 6.07) is 7.89. The molecule has 0 aliphatic carbocycles. The first-order chi connectivity index (χ1) is 7.75. The van der Waals surface area contributed by atoms with Gasteiger partial charge in [0.15, 0.2) is 0 Å². The second-order valence-electron chi connectivity index (χ2n) is 3.55. The molecule has 1 aromatic rings. The Kier molecular flexibility index (Phi) is 3.00. The van der Waals surface area contributed by atoms with Crippen LogP contribution >= 0.6 is 0 Å². The molecule has 1 aromatic carbocycles. The van der Waals surface area contributed by atoms with Crippen LogP contribution in [0.1, 0.15) is 12.5 Å². The molecule has 82 valence electrons. The number of benzene rings is 1. The summed E-state index contributed by atoms with van der Waals surface area (Å²) in [4.78, 5) is 15.0. The zero-order valence-electron chi connectivity index (χ0n) is 9.03. The number of carbonyl (C=O) groups is 1. The maximum absolute atomic E-state index is 10.8. The fourth-order valence-corrected chi connectivity index (χ4v) is 1.45. The van der Waals surface area contributed by atoms with E-state index >= 15 is 0 Å². The van der Waals surface area contributed by atoms with E-state index in [0.717, 1.165) is 16.9 Å². The average Bonchev–Trinajstić information content (AvgIpc) is 2.47. The van der Waals surface area contributed by atoms with Crippen molar-refractivity contribution in [1.29, 1.82) is 0 Å². The molecule has 1 aliphatic heterocycles. The van der Waals surface area contributed by atoms with Crippen molar-refractivity contribution in [2.45, 2.75) is 6.92 Å². The number of aliphatic imine (C=N–C) groups is 1. The third kappa shape index (κ3) is 2.48. The zero-order chi connectivity index (χ0) is 11.4. The monoisotopic (exact) mass is 215 g/mol. The standard InChI is InChI=1S/C12H13N3O/c1-9(16)14-8-11-7-13-6-10-4-2-3-5-12(10)15-11/h2-7,15H,8H2,1H3,(H,14,16). The van der Waals surface area contributed by atoms with Crippen LogP contribution < -0.4 is 10.6 Å². The van der Waals surface area contributed by atoms with Crippen molar-refractivity contribution in [2.75, 3.05) is 11.9 Å². The molecule has 1 heterocycles. The van der Waals surface area contributed by atoms with E-state index in [1.165, 1.54) is 6.92 Å². The van der Waals surface area contributed by atoms with Crippen LogP contribution in [0.2, 0.25) is 0 Å². The molecule has 0 unspecified atom stereocenters. The van der Waals surface area contributed by atoms with Crippen LogP contribution in [-0.4, -0.2) is 18.7 Å². The van der Waals surface area contributed by atoms with Crippen LogP contribution in [0.3, 0.4) is 0 Å². The molecule has 0 saturated heterocycles. The highest BCUT2D eigenvalue weighted by atomic mass is 16.1. The van der Waals surface area contributed by atoms with Gasteiger partial charge in [0.05, 0.1) is 12.2 Å². The SMILES string of the molecule is CC(=O)NCC1=CN=Cc2ccccc2N1. The summed E-state index contributed by atoms with van der Waals surface area (Å²) in [6.07, 6.45) is 3.51. The van der Waals surface area contributed by atoms with E-state index in [4.69, 9.17) is 0 Å². The van der Waals surface area contributed by atoms with Gasteiger partial charge in [0, 0.05) is 30.6 Å². The summed E-state index contributed by atoms with van der Waals surface area (Å²) >= 11 is 0. The van der Waals surface area contributed by atoms with Crippen LogP contribution in [0.25, 0.3) is 0 Å². The fraction of sp³-hybridized carbons (Fsp3) is 0.167. The Morgan fingerprint density at radius 3 is 3.06 bits per heavy atom. The summed E-state index contributed by atoms with van der Waals surface area (Å²) in [6.45, 7) is 1.95. The van der Waals surface area contributed by atoms with E-state index in [2.05, 4.69) is 15.6 Å². The zero-order valence-corrected chi connectivity index (χ0v) is 9.03. The third-order valence-corrected chi connectivity index (χ3v) is 2.23. The summed E-state index contributed by atoms with van der Waals surface area (Å²) in [5, 5.41) is 5.97. The lowest BCUT2D eigenvalue weighted by atomic mass is 10.2. The highest BCUT2D eigenvalue weighted by Crippen LogP contribution is 2.17. The molecule has 0 bridgehead atoms. The Balaban J connectivity index is 2.13. The molecule has 16 heavy (non-hydrogen) atoms. The van der Waals surface area contributed by atoms with Crippen molar-refractivity contribution >= 4 is 17.8 Å². The number of hydrogen-bond donors (Lipinski definition) is 2. The number of fused-ring (bicyclic) bond motifs is 1. The Bertz CT molecular complexity index is 463. The van der Waals surface area contributed by atoms with Gasteiger partial charge in [-0.25, -0.2) is 0 Å². The van der Waals surface area contributed by atoms with Crippen molar-refractivity contribution in [3.05, 3.63) is 41.7 Å². The van der Waals surface area contributed by atoms with Gasteiger partial charge < -0.3 is 10.6 Å². The molecule has 2 rings (SSSR count). The highest BCUT2D eigenvalue weighted by molar-refractivity contribution is 5.89. The number of nitrogens with one attached hydrogen (secondary N) is 2. The lowest BCUT2D eigenvalue weighted by Gasteiger charge is -2.10. The number of anilines is 1. The van der Waals surface area contributed by atoms with Gasteiger partial charge in [0.1, 0.15) is 0 Å². The Labute approximate surface area is 94.1 Å². The average molecular weight is 215 g/mol. The molecule has 0 radical (unpaired) electrons. The first kappa shape index (κ1) is 10.4. The van der Waals surface area contributed by atoms with Crippen molar-refractivity contribution in [1.82, 2.24) is 5.32 Å². The normalized spacial score (nSPS) is 13.2. The van der Waals surface area contributed by atoms with Gasteiger partial charge in [-0.1, -0.05) is 18.2 Å². The van der Waals surface area contributed by atoms with Crippen molar-refractivity contribution in [3.63, 3.8) is 0 Å². The van der Waals surface area contributed by atoms with E-state index < -0.39 is 0 Å². The van der Waals surface area contributed by atoms with Crippen LogP contribution in [0.5, 0.6) is 0 Å². The van der Waals surface area contributed by atoms with Gasteiger partial charge in [-0.2, -0.15) is 0 Å². The number of amides is 1. The summed E-state index contributed by atoms with van der Waals surface area (Å²) in [5.74, 6) is -0.0517. The predicted octanol–water partition coefficient (Wildman–Crippen LogP) is 1.51.